The predicted octanol–water partition coefficient (Wildman–Crippen LogP) is 7.80. The second-order valence-corrected chi connectivity index (χ2v) is 14.1. The van der Waals surface area contributed by atoms with Gasteiger partial charge in [-0.15, -0.1) is 0 Å². The largest absolute Gasteiger partial charge is 0.494 e. The second kappa shape index (κ2) is 17.6. The van der Waals surface area contributed by atoms with Crippen LogP contribution in [0.4, 0.5) is 5.69 Å². The summed E-state index contributed by atoms with van der Waals surface area (Å²) in [7, 11) is -4.29. The zero-order valence-corrected chi connectivity index (χ0v) is 29.8. The molecule has 0 radical (unpaired) electrons. The lowest BCUT2D eigenvalue weighted by Gasteiger charge is -2.34. The molecule has 0 aliphatic heterocycles. The van der Waals surface area contributed by atoms with Crippen molar-refractivity contribution in [3.05, 3.63) is 123 Å². The van der Waals surface area contributed by atoms with Crippen LogP contribution < -0.4 is 14.4 Å². The number of benzene rings is 4. The Bertz CT molecular complexity index is 1770. The maximum absolute atomic E-state index is 14.6. The number of anilines is 1. The van der Waals surface area contributed by atoms with Crippen molar-refractivity contribution in [3.63, 3.8) is 0 Å². The van der Waals surface area contributed by atoms with E-state index in [1.165, 1.54) is 29.2 Å². The van der Waals surface area contributed by atoms with E-state index < -0.39 is 28.5 Å². The third-order valence-electron chi connectivity index (χ3n) is 7.57. The molecule has 0 heterocycles. The predicted molar refractivity (Wildman–Crippen MR) is 192 cm³/mol. The number of rotatable bonds is 16. The molecule has 4 aromatic rings. The summed E-state index contributed by atoms with van der Waals surface area (Å²) in [5, 5.41) is 4.05. The zero-order valence-electron chi connectivity index (χ0n) is 26.7. The minimum Gasteiger partial charge on any atom is -0.494 e. The Balaban J connectivity index is 1.81. The molecular weight excluding hydrogens is 693 g/mol. The lowest BCUT2D eigenvalue weighted by atomic mass is 10.0. The number of hydrogen-bond donors (Lipinski definition) is 1. The molecule has 0 fully saturated rings. The van der Waals surface area contributed by atoms with Gasteiger partial charge >= 0.3 is 0 Å². The highest BCUT2D eigenvalue weighted by molar-refractivity contribution is 7.92. The van der Waals surface area contributed by atoms with E-state index in [0.717, 1.165) is 22.7 Å². The van der Waals surface area contributed by atoms with Gasteiger partial charge in [-0.2, -0.15) is 0 Å². The first-order valence-corrected chi connectivity index (χ1v) is 18.2. The summed E-state index contributed by atoms with van der Waals surface area (Å²) in [6.07, 6.45) is 1.81. The number of carbonyl (C=O) groups is 2. The fourth-order valence-corrected chi connectivity index (χ4v) is 7.04. The standard InChI is InChI=1S/C36H38Cl3N3O5S/c1-3-5-21-40-36(44)34(22-26-9-7-6-8-10-26)41(24-27-11-12-29(38)23-33(27)39)35(43)25-42(30-15-17-31(18-16-30)47-4-2)48(45,46)32-19-13-28(37)14-20-32/h6-20,23,34H,3-5,21-22,24-25H2,1-2H3,(H,40,44)/t34-/m0/s1. The van der Waals surface area contributed by atoms with Crippen LogP contribution in [0.25, 0.3) is 0 Å². The molecule has 254 valence electrons. The Kier molecular flexibility index (Phi) is 13.6. The molecule has 8 nitrogen and oxygen atoms in total. The lowest BCUT2D eigenvalue weighted by Crippen LogP contribution is -2.53. The number of nitrogens with one attached hydrogen (secondary N) is 1. The molecule has 0 bridgehead atoms. The van der Waals surface area contributed by atoms with Crippen LogP contribution in [-0.4, -0.2) is 50.9 Å². The summed E-state index contributed by atoms with van der Waals surface area (Å²) >= 11 is 18.8. The number of hydrogen-bond acceptors (Lipinski definition) is 5. The van der Waals surface area contributed by atoms with E-state index in [-0.39, 0.29) is 29.5 Å². The molecule has 0 unspecified atom stereocenters. The minimum atomic E-state index is -4.29. The fraction of sp³-hybridized carbons (Fsp3) is 0.278. The molecule has 48 heavy (non-hydrogen) atoms. The van der Waals surface area contributed by atoms with Crippen molar-refractivity contribution in [1.82, 2.24) is 10.2 Å². The topological polar surface area (TPSA) is 96.0 Å². The average Bonchev–Trinajstić information content (AvgIpc) is 3.07. The monoisotopic (exact) mass is 729 g/mol. The summed E-state index contributed by atoms with van der Waals surface area (Å²) in [6.45, 7) is 4.02. The first-order chi connectivity index (χ1) is 23.0. The van der Waals surface area contributed by atoms with Crippen LogP contribution in [0.1, 0.15) is 37.8 Å². The van der Waals surface area contributed by atoms with Crippen molar-refractivity contribution < 1.29 is 22.7 Å². The van der Waals surface area contributed by atoms with Gasteiger partial charge < -0.3 is 15.0 Å². The van der Waals surface area contributed by atoms with E-state index in [4.69, 9.17) is 39.5 Å². The molecule has 0 aliphatic carbocycles. The van der Waals surface area contributed by atoms with Crippen LogP contribution >= 0.6 is 34.8 Å². The molecule has 2 amide bonds. The van der Waals surface area contributed by atoms with Crippen molar-refractivity contribution in [3.8, 4) is 5.75 Å². The molecule has 1 N–H and O–H groups in total. The van der Waals surface area contributed by atoms with E-state index in [9.17, 15) is 18.0 Å². The Morgan fingerprint density at radius 1 is 0.854 bits per heavy atom. The first kappa shape index (κ1) is 37.1. The smallest absolute Gasteiger partial charge is 0.264 e. The number of amides is 2. The molecule has 1 atom stereocenters. The normalized spacial score (nSPS) is 11.9. The first-order valence-electron chi connectivity index (χ1n) is 15.6. The average molecular weight is 731 g/mol. The van der Waals surface area contributed by atoms with Gasteiger partial charge in [0.15, 0.2) is 0 Å². The van der Waals surface area contributed by atoms with E-state index in [0.29, 0.717) is 39.5 Å². The Morgan fingerprint density at radius 3 is 2.15 bits per heavy atom. The van der Waals surface area contributed by atoms with Gasteiger partial charge in [0.05, 0.1) is 17.2 Å². The molecule has 0 aliphatic rings. The van der Waals surface area contributed by atoms with Gasteiger partial charge in [-0.05, 0) is 85.1 Å². The van der Waals surface area contributed by atoms with Crippen molar-refractivity contribution in [2.45, 2.75) is 50.6 Å². The van der Waals surface area contributed by atoms with Gasteiger partial charge in [-0.25, -0.2) is 8.42 Å². The maximum atomic E-state index is 14.6. The van der Waals surface area contributed by atoms with Gasteiger partial charge in [-0.1, -0.05) is 84.5 Å². The number of ether oxygens (including phenoxy) is 1. The van der Waals surface area contributed by atoms with Crippen LogP contribution in [-0.2, 0) is 32.6 Å². The fourth-order valence-electron chi connectivity index (χ4n) is 5.03. The quantitative estimate of drug-likeness (QED) is 0.119. The Morgan fingerprint density at radius 2 is 1.52 bits per heavy atom. The molecule has 0 spiro atoms. The number of carbonyl (C=O) groups excluding carboxylic acids is 2. The maximum Gasteiger partial charge on any atom is 0.264 e. The lowest BCUT2D eigenvalue weighted by molar-refractivity contribution is -0.140. The van der Waals surface area contributed by atoms with Gasteiger partial charge in [-0.3, -0.25) is 13.9 Å². The summed E-state index contributed by atoms with van der Waals surface area (Å²) < 4.78 is 35.0. The van der Waals surface area contributed by atoms with Crippen molar-refractivity contribution in [1.29, 1.82) is 0 Å². The van der Waals surface area contributed by atoms with E-state index in [1.807, 2.05) is 44.2 Å². The van der Waals surface area contributed by atoms with Gasteiger partial charge in [0.1, 0.15) is 18.3 Å². The van der Waals surface area contributed by atoms with Crippen LogP contribution in [0.3, 0.4) is 0 Å². The highest BCUT2D eigenvalue weighted by Gasteiger charge is 2.35. The molecule has 0 saturated heterocycles. The Hall–Kier alpha value is -3.76. The van der Waals surface area contributed by atoms with Gasteiger partial charge in [0.2, 0.25) is 11.8 Å². The van der Waals surface area contributed by atoms with Crippen LogP contribution in [0.5, 0.6) is 5.75 Å². The third-order valence-corrected chi connectivity index (χ3v) is 10.2. The van der Waals surface area contributed by atoms with Crippen molar-refractivity contribution in [2.24, 2.45) is 0 Å². The van der Waals surface area contributed by atoms with Gasteiger partial charge in [0.25, 0.3) is 10.0 Å². The van der Waals surface area contributed by atoms with Crippen molar-refractivity contribution in [2.75, 3.05) is 24.0 Å². The number of unbranched alkanes of at least 4 members (excludes halogenated alkanes) is 1. The molecule has 0 aromatic heterocycles. The van der Waals surface area contributed by atoms with Crippen LogP contribution in [0.15, 0.2) is 102 Å². The molecule has 4 aromatic carbocycles. The summed E-state index contributed by atoms with van der Waals surface area (Å²) in [5.41, 5.74) is 1.60. The molecular formula is C36H38Cl3N3O5S. The second-order valence-electron chi connectivity index (χ2n) is 11.0. The van der Waals surface area contributed by atoms with Crippen molar-refractivity contribution >= 4 is 62.3 Å². The van der Waals surface area contributed by atoms with Gasteiger partial charge in [0, 0.05) is 34.6 Å². The summed E-state index contributed by atoms with van der Waals surface area (Å²) in [6, 6.07) is 25.4. The molecule has 0 saturated carbocycles. The summed E-state index contributed by atoms with van der Waals surface area (Å²) in [5.74, 6) is -0.431. The van der Waals surface area contributed by atoms with Crippen LogP contribution in [0, 0.1) is 0 Å². The molecule has 4 rings (SSSR count). The van der Waals surface area contributed by atoms with E-state index in [2.05, 4.69) is 5.32 Å². The highest BCUT2D eigenvalue weighted by atomic mass is 35.5. The van der Waals surface area contributed by atoms with Crippen LogP contribution in [0.2, 0.25) is 15.1 Å². The highest BCUT2D eigenvalue weighted by Crippen LogP contribution is 2.29. The number of nitrogens with zero attached hydrogens (tertiary/aromatic N) is 2. The Labute approximate surface area is 297 Å². The number of sulfonamides is 1. The van der Waals surface area contributed by atoms with E-state index >= 15 is 0 Å². The van der Waals surface area contributed by atoms with E-state index in [1.54, 1.807) is 42.5 Å². The third kappa shape index (κ3) is 9.89. The zero-order chi connectivity index (χ0) is 34.7. The summed E-state index contributed by atoms with van der Waals surface area (Å²) in [4.78, 5) is 29.8. The SMILES string of the molecule is CCCCNC(=O)[C@H](Cc1ccccc1)N(Cc1ccc(Cl)cc1Cl)C(=O)CN(c1ccc(OCC)cc1)S(=O)(=O)c1ccc(Cl)cc1. The molecule has 12 heteroatoms. The number of halogens is 3. The minimum absolute atomic E-state index is 0.0565.